The van der Waals surface area contributed by atoms with Crippen molar-refractivity contribution in [3.05, 3.63) is 65.7 Å². The zero-order valence-corrected chi connectivity index (χ0v) is 15.5. The van der Waals surface area contributed by atoms with Gasteiger partial charge in [0.05, 0.1) is 7.11 Å². The molecule has 2 aromatic rings. The minimum Gasteiger partial charge on any atom is -0.497 e. The number of hydrogen-bond acceptors (Lipinski definition) is 4. The lowest BCUT2D eigenvalue weighted by atomic mass is 10.0. The van der Waals surface area contributed by atoms with Crippen molar-refractivity contribution in [1.82, 2.24) is 9.80 Å². The van der Waals surface area contributed by atoms with E-state index in [4.69, 9.17) is 10.5 Å². The Balaban J connectivity index is 1.59. The number of carbonyl (C=O) groups excluding carboxylic acids is 1. The van der Waals surface area contributed by atoms with Gasteiger partial charge in [-0.25, -0.2) is 0 Å². The second-order valence-corrected chi connectivity index (χ2v) is 6.70. The first-order chi connectivity index (χ1) is 12.6. The third-order valence-corrected chi connectivity index (χ3v) is 5.17. The summed E-state index contributed by atoms with van der Waals surface area (Å²) in [4.78, 5) is 17.0. The molecule has 3 rings (SSSR count). The number of rotatable bonds is 5. The van der Waals surface area contributed by atoms with Crippen LogP contribution in [-0.2, 0) is 4.79 Å². The lowest BCUT2D eigenvalue weighted by Gasteiger charge is -2.39. The normalized spacial score (nSPS) is 17.6. The van der Waals surface area contributed by atoms with Gasteiger partial charge in [-0.2, -0.15) is 0 Å². The molecule has 0 bridgehead atoms. The monoisotopic (exact) mass is 353 g/mol. The Kier molecular flexibility index (Phi) is 5.91. The van der Waals surface area contributed by atoms with Crippen molar-refractivity contribution in [3.63, 3.8) is 0 Å². The van der Waals surface area contributed by atoms with Gasteiger partial charge in [-0.3, -0.25) is 9.69 Å². The van der Waals surface area contributed by atoms with Crippen LogP contribution in [0.25, 0.3) is 0 Å². The quantitative estimate of drug-likeness (QED) is 0.898. The SMILES string of the molecule is COc1cccc(C(C)N2CCN(C(=O)C(N)c3ccccc3)CC2)c1. The summed E-state index contributed by atoms with van der Waals surface area (Å²) in [7, 11) is 1.68. The molecule has 5 heteroatoms. The average molecular weight is 353 g/mol. The lowest BCUT2D eigenvalue weighted by molar-refractivity contribution is -0.134. The fourth-order valence-corrected chi connectivity index (χ4v) is 3.44. The van der Waals surface area contributed by atoms with Crippen molar-refractivity contribution < 1.29 is 9.53 Å². The number of piperazine rings is 1. The van der Waals surface area contributed by atoms with Crippen molar-refractivity contribution in [2.75, 3.05) is 33.3 Å². The molecule has 0 saturated carbocycles. The Morgan fingerprint density at radius 2 is 1.65 bits per heavy atom. The van der Waals surface area contributed by atoms with E-state index in [0.29, 0.717) is 13.1 Å². The van der Waals surface area contributed by atoms with Crippen LogP contribution in [0.3, 0.4) is 0 Å². The van der Waals surface area contributed by atoms with Gasteiger partial charge in [0.25, 0.3) is 0 Å². The van der Waals surface area contributed by atoms with E-state index in [-0.39, 0.29) is 11.9 Å². The number of carbonyl (C=O) groups is 1. The van der Waals surface area contributed by atoms with Gasteiger partial charge in [0.1, 0.15) is 11.8 Å². The zero-order chi connectivity index (χ0) is 18.5. The highest BCUT2D eigenvalue weighted by molar-refractivity contribution is 5.83. The predicted octanol–water partition coefficient (Wildman–Crippen LogP) is 2.60. The number of nitrogens with zero attached hydrogens (tertiary/aromatic N) is 2. The molecular weight excluding hydrogens is 326 g/mol. The van der Waals surface area contributed by atoms with Crippen molar-refractivity contribution in [3.8, 4) is 5.75 Å². The number of methoxy groups -OCH3 is 1. The summed E-state index contributed by atoms with van der Waals surface area (Å²) in [6.07, 6.45) is 0. The van der Waals surface area contributed by atoms with Gasteiger partial charge in [0, 0.05) is 32.2 Å². The highest BCUT2D eigenvalue weighted by atomic mass is 16.5. The van der Waals surface area contributed by atoms with Gasteiger partial charge in [-0.15, -0.1) is 0 Å². The van der Waals surface area contributed by atoms with Gasteiger partial charge < -0.3 is 15.4 Å². The Morgan fingerprint density at radius 3 is 2.31 bits per heavy atom. The average Bonchev–Trinajstić information content (AvgIpc) is 2.73. The summed E-state index contributed by atoms with van der Waals surface area (Å²) >= 11 is 0. The summed E-state index contributed by atoms with van der Waals surface area (Å²) in [6.45, 7) is 5.28. The Labute approximate surface area is 155 Å². The third kappa shape index (κ3) is 4.06. The maximum atomic E-state index is 12.7. The second-order valence-electron chi connectivity index (χ2n) is 6.70. The standard InChI is InChI=1S/C21H27N3O2/c1-16(18-9-6-10-19(15-18)26-2)23-11-13-24(14-12-23)21(25)20(22)17-7-4-3-5-8-17/h3-10,15-16,20H,11-14,22H2,1-2H3. The summed E-state index contributed by atoms with van der Waals surface area (Å²) in [5, 5.41) is 0. The summed E-state index contributed by atoms with van der Waals surface area (Å²) < 4.78 is 5.32. The van der Waals surface area contributed by atoms with Crippen LogP contribution in [0.2, 0.25) is 0 Å². The van der Waals surface area contributed by atoms with Crippen LogP contribution < -0.4 is 10.5 Å². The number of amides is 1. The highest BCUT2D eigenvalue weighted by Gasteiger charge is 2.28. The van der Waals surface area contributed by atoms with E-state index in [0.717, 1.165) is 24.4 Å². The first kappa shape index (κ1) is 18.4. The number of benzene rings is 2. The Bertz CT molecular complexity index is 727. The van der Waals surface area contributed by atoms with E-state index < -0.39 is 6.04 Å². The van der Waals surface area contributed by atoms with Crippen LogP contribution in [0.4, 0.5) is 0 Å². The third-order valence-electron chi connectivity index (χ3n) is 5.17. The maximum absolute atomic E-state index is 12.7. The molecule has 2 aromatic carbocycles. The minimum absolute atomic E-state index is 0.00452. The molecule has 0 radical (unpaired) electrons. The van der Waals surface area contributed by atoms with Crippen molar-refractivity contribution >= 4 is 5.91 Å². The van der Waals surface area contributed by atoms with E-state index in [2.05, 4.69) is 24.0 Å². The van der Waals surface area contributed by atoms with Crippen LogP contribution in [0.1, 0.15) is 30.1 Å². The van der Waals surface area contributed by atoms with E-state index in [9.17, 15) is 4.79 Å². The first-order valence-corrected chi connectivity index (χ1v) is 9.07. The molecule has 5 nitrogen and oxygen atoms in total. The highest BCUT2D eigenvalue weighted by Crippen LogP contribution is 2.25. The zero-order valence-electron chi connectivity index (χ0n) is 15.5. The van der Waals surface area contributed by atoms with E-state index in [1.807, 2.05) is 47.4 Å². The molecule has 2 N–H and O–H groups in total. The molecular formula is C21H27N3O2. The number of ether oxygens (including phenoxy) is 1. The number of hydrogen-bond donors (Lipinski definition) is 1. The largest absolute Gasteiger partial charge is 0.497 e. The van der Waals surface area contributed by atoms with Crippen LogP contribution in [-0.4, -0.2) is 49.0 Å². The fourth-order valence-electron chi connectivity index (χ4n) is 3.44. The molecule has 26 heavy (non-hydrogen) atoms. The van der Waals surface area contributed by atoms with Crippen LogP contribution in [0.15, 0.2) is 54.6 Å². The van der Waals surface area contributed by atoms with E-state index in [1.165, 1.54) is 5.56 Å². The van der Waals surface area contributed by atoms with E-state index in [1.54, 1.807) is 7.11 Å². The summed E-state index contributed by atoms with van der Waals surface area (Å²) in [6, 6.07) is 17.4. The van der Waals surface area contributed by atoms with Crippen LogP contribution in [0, 0.1) is 0 Å². The smallest absolute Gasteiger partial charge is 0.244 e. The molecule has 1 aliphatic rings. The maximum Gasteiger partial charge on any atom is 0.244 e. The molecule has 2 unspecified atom stereocenters. The Hall–Kier alpha value is -2.37. The molecule has 0 aromatic heterocycles. The van der Waals surface area contributed by atoms with E-state index >= 15 is 0 Å². The van der Waals surface area contributed by atoms with Gasteiger partial charge >= 0.3 is 0 Å². The molecule has 0 spiro atoms. The molecule has 1 saturated heterocycles. The van der Waals surface area contributed by atoms with Gasteiger partial charge in [0.2, 0.25) is 5.91 Å². The van der Waals surface area contributed by atoms with Crippen molar-refractivity contribution in [2.45, 2.75) is 19.0 Å². The molecule has 1 fully saturated rings. The molecule has 2 atom stereocenters. The van der Waals surface area contributed by atoms with Gasteiger partial charge in [-0.1, -0.05) is 42.5 Å². The van der Waals surface area contributed by atoms with Crippen LogP contribution in [0.5, 0.6) is 5.75 Å². The Morgan fingerprint density at radius 1 is 1.00 bits per heavy atom. The lowest BCUT2D eigenvalue weighted by Crippen LogP contribution is -2.51. The van der Waals surface area contributed by atoms with Crippen molar-refractivity contribution in [1.29, 1.82) is 0 Å². The first-order valence-electron chi connectivity index (χ1n) is 9.07. The minimum atomic E-state index is -0.585. The number of nitrogens with two attached hydrogens (primary N) is 1. The summed E-state index contributed by atoms with van der Waals surface area (Å²) in [5.74, 6) is 0.877. The van der Waals surface area contributed by atoms with Crippen molar-refractivity contribution in [2.24, 2.45) is 5.73 Å². The molecule has 0 aliphatic carbocycles. The molecule has 1 amide bonds. The van der Waals surface area contributed by atoms with Gasteiger partial charge in [-0.05, 0) is 30.2 Å². The molecule has 1 heterocycles. The van der Waals surface area contributed by atoms with Gasteiger partial charge in [0.15, 0.2) is 0 Å². The fraction of sp³-hybridized carbons (Fsp3) is 0.381. The molecule has 138 valence electrons. The molecule has 1 aliphatic heterocycles. The summed E-state index contributed by atoms with van der Waals surface area (Å²) in [5.41, 5.74) is 8.26. The van der Waals surface area contributed by atoms with Crippen LogP contribution >= 0.6 is 0 Å². The topological polar surface area (TPSA) is 58.8 Å². The second kappa shape index (κ2) is 8.34. The predicted molar refractivity (Wildman–Crippen MR) is 103 cm³/mol.